The number of carbonyl (C=O) groups excluding carboxylic acids is 3. The van der Waals surface area contributed by atoms with Gasteiger partial charge in [0.15, 0.2) is 0 Å². The molecule has 0 saturated carbocycles. The summed E-state index contributed by atoms with van der Waals surface area (Å²) < 4.78 is 0. The third-order valence-corrected chi connectivity index (χ3v) is 5.92. The minimum absolute atomic E-state index is 0.160. The zero-order chi connectivity index (χ0) is 26.1. The summed E-state index contributed by atoms with van der Waals surface area (Å²) in [5.41, 5.74) is 5.83. The highest BCUT2D eigenvalue weighted by Crippen LogP contribution is 2.21. The van der Waals surface area contributed by atoms with Gasteiger partial charge >= 0.3 is 0 Å². The van der Waals surface area contributed by atoms with Gasteiger partial charge in [-0.1, -0.05) is 73.7 Å². The number of benzene rings is 3. The third-order valence-electron chi connectivity index (χ3n) is 5.92. The van der Waals surface area contributed by atoms with Gasteiger partial charge in [-0.25, -0.2) is 5.48 Å². The number of rotatable bonds is 10. The zero-order valence-corrected chi connectivity index (χ0v) is 20.3. The van der Waals surface area contributed by atoms with E-state index in [2.05, 4.69) is 29.7 Å². The second-order valence-corrected chi connectivity index (χ2v) is 8.55. The maximum atomic E-state index is 13.0. The Morgan fingerprint density at radius 2 is 1.36 bits per heavy atom. The molecule has 188 valence electrons. The molecule has 0 fully saturated rings. The highest BCUT2D eigenvalue weighted by Gasteiger charge is 2.30. The first-order chi connectivity index (χ1) is 17.3. The van der Waals surface area contributed by atoms with Gasteiger partial charge in [0.1, 0.15) is 12.1 Å². The lowest BCUT2D eigenvalue weighted by molar-refractivity contribution is -0.138. The molecule has 8 nitrogen and oxygen atoms in total. The molecule has 3 rings (SSSR count). The molecule has 0 saturated heterocycles. The van der Waals surface area contributed by atoms with Crippen LogP contribution in [0.25, 0.3) is 11.1 Å². The average molecular weight is 490 g/mol. The highest BCUT2D eigenvalue weighted by atomic mass is 16.5. The van der Waals surface area contributed by atoms with E-state index in [0.29, 0.717) is 5.56 Å². The maximum Gasteiger partial charge on any atom is 0.268 e. The number of nitrogens with one attached hydrogen (secondary N) is 3. The van der Waals surface area contributed by atoms with Crippen molar-refractivity contribution in [2.24, 2.45) is 0 Å². The van der Waals surface area contributed by atoms with E-state index in [-0.39, 0.29) is 6.42 Å². The van der Waals surface area contributed by atoms with Gasteiger partial charge in [0.25, 0.3) is 11.8 Å². The van der Waals surface area contributed by atoms with Crippen LogP contribution in [0.15, 0.2) is 78.9 Å². The van der Waals surface area contributed by atoms with Gasteiger partial charge in [-0.3, -0.25) is 19.6 Å². The topological polar surface area (TPSA) is 128 Å². The second kappa shape index (κ2) is 12.6. The largest absolute Gasteiger partial charge is 0.391 e. The van der Waals surface area contributed by atoms with E-state index in [1.807, 2.05) is 54.6 Å². The first kappa shape index (κ1) is 26.6. The summed E-state index contributed by atoms with van der Waals surface area (Å²) in [6.45, 7) is 3.40. The average Bonchev–Trinajstić information content (AvgIpc) is 2.91. The summed E-state index contributed by atoms with van der Waals surface area (Å²) >= 11 is 0. The van der Waals surface area contributed by atoms with E-state index in [9.17, 15) is 19.5 Å². The lowest BCUT2D eigenvalue weighted by Gasteiger charge is -2.24. The van der Waals surface area contributed by atoms with Crippen molar-refractivity contribution in [2.45, 2.75) is 44.9 Å². The van der Waals surface area contributed by atoms with Crippen molar-refractivity contribution in [2.75, 3.05) is 0 Å². The molecule has 36 heavy (non-hydrogen) atoms. The molecular formula is C28H31N3O5. The predicted molar refractivity (Wildman–Crippen MR) is 136 cm³/mol. The lowest BCUT2D eigenvalue weighted by Crippen LogP contribution is -2.57. The fraction of sp³-hybridized carbons (Fsp3) is 0.250. The van der Waals surface area contributed by atoms with Crippen LogP contribution in [0, 0.1) is 0 Å². The molecule has 8 heteroatoms. The quantitative estimate of drug-likeness (QED) is 0.221. The first-order valence-electron chi connectivity index (χ1n) is 11.8. The van der Waals surface area contributed by atoms with Crippen LogP contribution in [0.4, 0.5) is 0 Å². The molecule has 3 aromatic rings. The molecular weight excluding hydrogens is 458 g/mol. The van der Waals surface area contributed by atoms with Crippen LogP contribution >= 0.6 is 0 Å². The van der Waals surface area contributed by atoms with Crippen molar-refractivity contribution in [3.05, 3.63) is 95.6 Å². The number of amides is 3. The fourth-order valence-corrected chi connectivity index (χ4v) is 3.78. The Kier molecular flexibility index (Phi) is 9.32. The van der Waals surface area contributed by atoms with Gasteiger partial charge in [0.2, 0.25) is 5.91 Å². The Morgan fingerprint density at radius 1 is 0.778 bits per heavy atom. The second-order valence-electron chi connectivity index (χ2n) is 8.55. The van der Waals surface area contributed by atoms with Crippen molar-refractivity contribution in [1.82, 2.24) is 16.1 Å². The van der Waals surface area contributed by atoms with Gasteiger partial charge in [0, 0.05) is 12.0 Å². The summed E-state index contributed by atoms with van der Waals surface area (Å²) in [5, 5.41) is 23.9. The van der Waals surface area contributed by atoms with Gasteiger partial charge in [-0.2, -0.15) is 0 Å². The minimum atomic E-state index is -1.39. The monoisotopic (exact) mass is 489 g/mol. The molecule has 3 amide bonds. The van der Waals surface area contributed by atoms with Crippen LogP contribution < -0.4 is 16.1 Å². The van der Waals surface area contributed by atoms with Gasteiger partial charge < -0.3 is 15.7 Å². The van der Waals surface area contributed by atoms with Gasteiger partial charge in [0.05, 0.1) is 6.10 Å². The van der Waals surface area contributed by atoms with Gasteiger partial charge in [-0.15, -0.1) is 0 Å². The molecule has 0 aliphatic rings. The lowest BCUT2D eigenvalue weighted by atomic mass is 10.0. The molecule has 0 bridgehead atoms. The number of aliphatic hydroxyl groups excluding tert-OH is 1. The number of hydroxylamine groups is 1. The minimum Gasteiger partial charge on any atom is -0.391 e. The van der Waals surface area contributed by atoms with E-state index in [1.54, 1.807) is 12.1 Å². The van der Waals surface area contributed by atoms with Crippen LogP contribution in [-0.2, 0) is 22.4 Å². The van der Waals surface area contributed by atoms with Crippen LogP contribution in [-0.4, -0.2) is 46.2 Å². The number of aryl methyl sites for hydroxylation is 1. The molecule has 0 spiro atoms. The fourth-order valence-electron chi connectivity index (χ4n) is 3.78. The first-order valence-corrected chi connectivity index (χ1v) is 11.8. The van der Waals surface area contributed by atoms with Crippen LogP contribution in [0.2, 0.25) is 0 Å². The molecule has 0 aliphatic heterocycles. The Bertz CT molecular complexity index is 1160. The summed E-state index contributed by atoms with van der Waals surface area (Å²) in [6.07, 6.45) is -0.152. The van der Waals surface area contributed by atoms with Crippen molar-refractivity contribution in [1.29, 1.82) is 0 Å². The molecule has 0 aromatic heterocycles. The summed E-state index contributed by atoms with van der Waals surface area (Å²) in [4.78, 5) is 37.9. The van der Waals surface area contributed by atoms with Crippen molar-refractivity contribution in [3.8, 4) is 11.1 Å². The van der Waals surface area contributed by atoms with Crippen molar-refractivity contribution in [3.63, 3.8) is 0 Å². The SMILES string of the molecule is CCc1ccc(-c2ccc(C(=O)N[C@@H](Cc3ccccc3)C(=O)N[C@H](C(=O)NO)[C@@H](C)O)cc2)cc1. The van der Waals surface area contributed by atoms with Crippen LogP contribution in [0.1, 0.15) is 35.3 Å². The molecule has 0 aliphatic carbocycles. The number of carbonyl (C=O) groups is 3. The summed E-state index contributed by atoms with van der Waals surface area (Å²) in [5.74, 6) is -2.10. The Hall–Kier alpha value is -4.01. The summed E-state index contributed by atoms with van der Waals surface area (Å²) in [7, 11) is 0. The number of hydrogen-bond donors (Lipinski definition) is 5. The number of aliphatic hydroxyl groups is 1. The highest BCUT2D eigenvalue weighted by molar-refractivity contribution is 5.98. The Morgan fingerprint density at radius 3 is 1.89 bits per heavy atom. The van der Waals surface area contributed by atoms with Crippen molar-refractivity contribution >= 4 is 17.7 Å². The predicted octanol–water partition coefficient (Wildman–Crippen LogP) is 2.63. The third kappa shape index (κ3) is 7.00. The van der Waals surface area contributed by atoms with Crippen LogP contribution in [0.5, 0.6) is 0 Å². The van der Waals surface area contributed by atoms with Crippen molar-refractivity contribution < 1.29 is 24.7 Å². The van der Waals surface area contributed by atoms with E-state index in [1.165, 1.54) is 18.0 Å². The van der Waals surface area contributed by atoms with E-state index in [0.717, 1.165) is 23.1 Å². The maximum absolute atomic E-state index is 13.0. The normalized spacial score (nSPS) is 13.2. The van der Waals surface area contributed by atoms with E-state index >= 15 is 0 Å². The molecule has 5 N–H and O–H groups in total. The van der Waals surface area contributed by atoms with Crippen LogP contribution in [0.3, 0.4) is 0 Å². The van der Waals surface area contributed by atoms with Gasteiger partial charge in [-0.05, 0) is 47.7 Å². The summed E-state index contributed by atoms with van der Waals surface area (Å²) in [6, 6.07) is 22.0. The molecule has 3 aromatic carbocycles. The molecule has 0 unspecified atom stereocenters. The molecule has 3 atom stereocenters. The number of hydrogen-bond acceptors (Lipinski definition) is 5. The molecule has 0 radical (unpaired) electrons. The van der Waals surface area contributed by atoms with E-state index in [4.69, 9.17) is 5.21 Å². The standard InChI is InChI=1S/C28H31N3O5/c1-3-19-9-11-21(12-10-19)22-13-15-23(16-14-22)26(33)29-24(17-20-7-5-4-6-8-20)27(34)30-25(18(2)32)28(35)31-36/h4-16,18,24-25,32,36H,3,17H2,1-2H3,(H,29,33)(H,30,34)(H,31,35)/t18-,24+,25+/m1/s1. The zero-order valence-electron chi connectivity index (χ0n) is 20.3. The smallest absolute Gasteiger partial charge is 0.268 e. The molecule has 0 heterocycles. The van der Waals surface area contributed by atoms with E-state index < -0.39 is 35.9 Å². The Balaban J connectivity index is 1.77. The Labute approximate surface area is 210 Å².